The molecule has 1 aromatic rings. The first-order valence-electron chi connectivity index (χ1n) is 8.08. The highest BCUT2D eigenvalue weighted by molar-refractivity contribution is 6.30. The minimum atomic E-state index is -0.742. The minimum absolute atomic E-state index is 0.114. The molecule has 1 heterocycles. The Bertz CT molecular complexity index is 787. The van der Waals surface area contributed by atoms with Crippen LogP contribution in [0.15, 0.2) is 23.8 Å². The number of amides is 4. The van der Waals surface area contributed by atoms with Gasteiger partial charge in [-0.2, -0.15) is 0 Å². The van der Waals surface area contributed by atoms with E-state index in [4.69, 9.17) is 0 Å². The van der Waals surface area contributed by atoms with Gasteiger partial charge in [0.05, 0.1) is 4.92 Å². The van der Waals surface area contributed by atoms with Crippen molar-refractivity contribution in [3.63, 3.8) is 0 Å². The quantitative estimate of drug-likeness (QED) is 0.344. The smallest absolute Gasteiger partial charge is 0.333 e. The molecule has 9 nitrogen and oxygen atoms in total. The van der Waals surface area contributed by atoms with Gasteiger partial charge < -0.3 is 4.90 Å². The number of imide groups is 2. The zero-order valence-corrected chi connectivity index (χ0v) is 15.1. The number of carbonyl (C=O) groups excluding carboxylic acids is 3. The van der Waals surface area contributed by atoms with Crippen molar-refractivity contribution in [1.82, 2.24) is 9.80 Å². The van der Waals surface area contributed by atoms with Gasteiger partial charge in [-0.15, -0.1) is 0 Å². The average molecular weight is 360 g/mol. The number of benzene rings is 1. The molecule has 4 amide bonds. The lowest BCUT2D eigenvalue weighted by Gasteiger charge is -2.28. The molecule has 138 valence electrons. The highest BCUT2D eigenvalue weighted by atomic mass is 16.6. The van der Waals surface area contributed by atoms with Crippen LogP contribution in [0.4, 0.5) is 16.2 Å². The number of nitrogens with zero attached hydrogens (tertiary/aromatic N) is 4. The highest BCUT2D eigenvalue weighted by Gasteiger charge is 2.37. The number of barbiturate groups is 1. The van der Waals surface area contributed by atoms with Crippen molar-refractivity contribution in [2.45, 2.75) is 13.8 Å². The number of rotatable bonds is 5. The maximum atomic E-state index is 12.2. The molecule has 1 aliphatic heterocycles. The molecule has 0 bridgehead atoms. The Morgan fingerprint density at radius 1 is 1.08 bits per heavy atom. The van der Waals surface area contributed by atoms with Gasteiger partial charge in [0, 0.05) is 33.3 Å². The molecule has 0 unspecified atom stereocenters. The Balaban J connectivity index is 2.52. The molecular weight excluding hydrogens is 340 g/mol. The molecule has 0 spiro atoms. The van der Waals surface area contributed by atoms with Gasteiger partial charge in [0.15, 0.2) is 0 Å². The Hall–Kier alpha value is -3.23. The van der Waals surface area contributed by atoms with Crippen LogP contribution < -0.4 is 4.90 Å². The Morgan fingerprint density at radius 3 is 2.08 bits per heavy atom. The molecule has 1 saturated heterocycles. The molecule has 1 fully saturated rings. The predicted molar refractivity (Wildman–Crippen MR) is 95.6 cm³/mol. The number of hydrogen-bond donors (Lipinski definition) is 0. The SMILES string of the molecule is CCN(CC)c1ccc(C=C2C(=O)N(C)C(=O)N(C)C2=O)cc1[N+](=O)[O-]. The molecule has 26 heavy (non-hydrogen) atoms. The van der Waals surface area contributed by atoms with Gasteiger partial charge in [-0.3, -0.25) is 29.5 Å². The van der Waals surface area contributed by atoms with Crippen molar-refractivity contribution in [2.75, 3.05) is 32.1 Å². The number of urea groups is 1. The molecule has 0 N–H and O–H groups in total. The summed E-state index contributed by atoms with van der Waals surface area (Å²) in [6, 6.07) is 3.79. The molecule has 0 atom stereocenters. The first kappa shape index (κ1) is 19.1. The van der Waals surface area contributed by atoms with E-state index in [-0.39, 0.29) is 11.3 Å². The number of anilines is 1. The van der Waals surface area contributed by atoms with E-state index in [2.05, 4.69) is 0 Å². The second-order valence-corrected chi connectivity index (χ2v) is 5.75. The number of likely N-dealkylation sites (N-methyl/N-ethyl adjacent to an activating group) is 2. The Morgan fingerprint density at radius 2 is 1.62 bits per heavy atom. The number of nitro groups is 1. The molecule has 0 radical (unpaired) electrons. The molecule has 1 aromatic carbocycles. The third-order valence-electron chi connectivity index (χ3n) is 4.26. The zero-order chi connectivity index (χ0) is 19.6. The van der Waals surface area contributed by atoms with Crippen LogP contribution in [0.3, 0.4) is 0 Å². The summed E-state index contributed by atoms with van der Waals surface area (Å²) in [5, 5.41) is 11.4. The number of nitro benzene ring substituents is 1. The van der Waals surface area contributed by atoms with Gasteiger partial charge in [0.1, 0.15) is 11.3 Å². The fraction of sp³-hybridized carbons (Fsp3) is 0.353. The van der Waals surface area contributed by atoms with Crippen LogP contribution in [0.2, 0.25) is 0 Å². The van der Waals surface area contributed by atoms with Gasteiger partial charge in [-0.1, -0.05) is 6.07 Å². The molecule has 2 rings (SSSR count). The minimum Gasteiger partial charge on any atom is -0.367 e. The summed E-state index contributed by atoms with van der Waals surface area (Å²) in [6.07, 6.45) is 1.27. The number of carbonyl (C=O) groups is 3. The van der Waals surface area contributed by atoms with Crippen molar-refractivity contribution < 1.29 is 19.3 Å². The maximum Gasteiger partial charge on any atom is 0.333 e. The lowest BCUT2D eigenvalue weighted by molar-refractivity contribution is -0.384. The van der Waals surface area contributed by atoms with Gasteiger partial charge in [0.25, 0.3) is 17.5 Å². The van der Waals surface area contributed by atoms with E-state index in [9.17, 15) is 24.5 Å². The molecule has 1 aliphatic rings. The standard InChI is InChI=1S/C17H20N4O5/c1-5-20(6-2)13-8-7-11(10-14(13)21(25)26)9-12-15(22)18(3)17(24)19(4)16(12)23/h7-10H,5-6H2,1-4H3. The van der Waals surface area contributed by atoms with Crippen LogP contribution in [0.25, 0.3) is 6.08 Å². The largest absolute Gasteiger partial charge is 0.367 e. The fourth-order valence-corrected chi connectivity index (χ4v) is 2.75. The summed E-state index contributed by atoms with van der Waals surface area (Å²) in [7, 11) is 2.54. The second-order valence-electron chi connectivity index (χ2n) is 5.75. The first-order valence-corrected chi connectivity index (χ1v) is 8.08. The van der Waals surface area contributed by atoms with E-state index in [0.29, 0.717) is 24.3 Å². The van der Waals surface area contributed by atoms with Gasteiger partial charge in [-0.25, -0.2) is 4.79 Å². The van der Waals surface area contributed by atoms with E-state index >= 15 is 0 Å². The van der Waals surface area contributed by atoms with E-state index in [1.807, 2.05) is 18.7 Å². The topological polar surface area (TPSA) is 104 Å². The second kappa shape index (κ2) is 7.34. The van der Waals surface area contributed by atoms with Gasteiger partial charge in [0.2, 0.25) is 0 Å². The van der Waals surface area contributed by atoms with Crippen molar-refractivity contribution in [2.24, 2.45) is 0 Å². The van der Waals surface area contributed by atoms with Crippen molar-refractivity contribution >= 4 is 35.3 Å². The van der Waals surface area contributed by atoms with Crippen LogP contribution in [-0.2, 0) is 9.59 Å². The van der Waals surface area contributed by atoms with E-state index < -0.39 is 22.8 Å². The third-order valence-corrected chi connectivity index (χ3v) is 4.26. The fourth-order valence-electron chi connectivity index (χ4n) is 2.75. The van der Waals surface area contributed by atoms with Crippen LogP contribution in [0.5, 0.6) is 0 Å². The van der Waals surface area contributed by atoms with Crippen molar-refractivity contribution in [1.29, 1.82) is 0 Å². The predicted octanol–water partition coefficient (Wildman–Crippen LogP) is 1.87. The van der Waals surface area contributed by atoms with Gasteiger partial charge >= 0.3 is 6.03 Å². The lowest BCUT2D eigenvalue weighted by atomic mass is 10.1. The normalized spacial score (nSPS) is 14.8. The number of hydrogen-bond acceptors (Lipinski definition) is 6. The molecule has 0 aliphatic carbocycles. The van der Waals surface area contributed by atoms with E-state index in [1.165, 1.54) is 26.2 Å². The summed E-state index contributed by atoms with van der Waals surface area (Å²) >= 11 is 0. The first-order chi connectivity index (χ1) is 12.2. The summed E-state index contributed by atoms with van der Waals surface area (Å²) in [4.78, 5) is 50.7. The van der Waals surface area contributed by atoms with Crippen LogP contribution in [-0.4, -0.2) is 59.8 Å². The molecule has 0 saturated carbocycles. The van der Waals surface area contributed by atoms with Crippen LogP contribution in [0.1, 0.15) is 19.4 Å². The summed E-state index contributed by atoms with van der Waals surface area (Å²) < 4.78 is 0. The third kappa shape index (κ3) is 3.28. The van der Waals surface area contributed by atoms with E-state index in [1.54, 1.807) is 12.1 Å². The lowest BCUT2D eigenvalue weighted by Crippen LogP contribution is -2.52. The summed E-state index contributed by atoms with van der Waals surface area (Å²) in [5.41, 5.74) is 0.462. The maximum absolute atomic E-state index is 12.2. The monoisotopic (exact) mass is 360 g/mol. The average Bonchev–Trinajstić information content (AvgIpc) is 2.63. The zero-order valence-electron chi connectivity index (χ0n) is 15.1. The molecular formula is C17H20N4O5. The summed E-state index contributed by atoms with van der Waals surface area (Å²) in [6.45, 7) is 5.00. The van der Waals surface area contributed by atoms with Crippen LogP contribution in [0, 0.1) is 10.1 Å². The van der Waals surface area contributed by atoms with Crippen LogP contribution >= 0.6 is 0 Å². The van der Waals surface area contributed by atoms with Gasteiger partial charge in [-0.05, 0) is 31.6 Å². The van der Waals surface area contributed by atoms with E-state index in [0.717, 1.165) is 9.80 Å². The Kier molecular flexibility index (Phi) is 5.39. The van der Waals surface area contributed by atoms with Crippen molar-refractivity contribution in [3.05, 3.63) is 39.4 Å². The molecule has 0 aromatic heterocycles. The van der Waals surface area contributed by atoms with Crippen molar-refractivity contribution in [3.8, 4) is 0 Å². The summed E-state index contributed by atoms with van der Waals surface area (Å²) in [5.74, 6) is -1.48. The highest BCUT2D eigenvalue weighted by Crippen LogP contribution is 2.30. The molecule has 9 heteroatoms. The Labute approximate surface area is 150 Å².